The van der Waals surface area contributed by atoms with Crippen molar-refractivity contribution in [2.45, 2.75) is 117 Å². The van der Waals surface area contributed by atoms with E-state index in [9.17, 15) is 14.4 Å². The number of likely N-dealkylation sites (N-methyl/N-ethyl adjacent to an activating group) is 1. The number of hydrogen-bond donors (Lipinski definition) is 1. The van der Waals surface area contributed by atoms with Gasteiger partial charge in [0.15, 0.2) is 0 Å². The van der Waals surface area contributed by atoms with E-state index >= 15 is 0 Å². The first-order valence-corrected chi connectivity index (χ1v) is 15.9. The van der Waals surface area contributed by atoms with Crippen molar-refractivity contribution in [1.82, 2.24) is 15.1 Å². The quantitative estimate of drug-likeness (QED) is 0.291. The van der Waals surface area contributed by atoms with Gasteiger partial charge in [-0.1, -0.05) is 71.4 Å². The minimum Gasteiger partial charge on any atom is -0.379 e. The lowest BCUT2D eigenvalue weighted by Crippen LogP contribution is -2.56. The van der Waals surface area contributed by atoms with Gasteiger partial charge in [0.25, 0.3) is 0 Å². The third-order valence-electron chi connectivity index (χ3n) is 8.91. The van der Waals surface area contributed by atoms with Crippen LogP contribution in [-0.4, -0.2) is 85.7 Å². The molecule has 1 aliphatic rings. The summed E-state index contributed by atoms with van der Waals surface area (Å²) in [7, 11) is 5.09. The van der Waals surface area contributed by atoms with Crippen molar-refractivity contribution in [3.05, 3.63) is 35.9 Å². The van der Waals surface area contributed by atoms with Gasteiger partial charge in [0.1, 0.15) is 0 Å². The average Bonchev–Trinajstić information content (AvgIpc) is 2.96. The molecular formula is C34H57N3O5. The van der Waals surface area contributed by atoms with Gasteiger partial charge in [0.2, 0.25) is 17.7 Å². The number of amides is 3. The van der Waals surface area contributed by atoms with Crippen LogP contribution in [0, 0.1) is 17.8 Å². The molecule has 1 fully saturated rings. The maximum Gasteiger partial charge on any atom is 0.225 e. The van der Waals surface area contributed by atoms with Gasteiger partial charge in [0, 0.05) is 40.3 Å². The number of carbonyl (C=O) groups is 3. The fourth-order valence-electron chi connectivity index (χ4n) is 6.38. The molecule has 0 spiro atoms. The van der Waals surface area contributed by atoms with E-state index in [0.29, 0.717) is 13.0 Å². The van der Waals surface area contributed by atoms with Gasteiger partial charge < -0.3 is 24.6 Å². The fourth-order valence-corrected chi connectivity index (χ4v) is 6.38. The van der Waals surface area contributed by atoms with Crippen LogP contribution >= 0.6 is 0 Å². The predicted molar refractivity (Wildman–Crippen MR) is 168 cm³/mol. The van der Waals surface area contributed by atoms with E-state index in [1.165, 1.54) is 5.56 Å². The molecule has 8 heteroatoms. The Morgan fingerprint density at radius 1 is 1.00 bits per heavy atom. The molecule has 1 aromatic carbocycles. The molecule has 0 aromatic heterocycles. The Bertz CT molecular complexity index is 971. The van der Waals surface area contributed by atoms with Crippen LogP contribution in [0.5, 0.6) is 0 Å². The van der Waals surface area contributed by atoms with Crippen molar-refractivity contribution in [3.63, 3.8) is 0 Å². The molecule has 0 radical (unpaired) electrons. The Balaban J connectivity index is 2.17. The molecular weight excluding hydrogens is 530 g/mol. The highest BCUT2D eigenvalue weighted by molar-refractivity contribution is 5.80. The number of methoxy groups -OCH3 is 2. The molecule has 238 valence electrons. The molecule has 0 unspecified atom stereocenters. The number of hydrogen-bond acceptors (Lipinski definition) is 5. The number of ether oxygens (including phenoxy) is 2. The van der Waals surface area contributed by atoms with Crippen LogP contribution in [0.15, 0.2) is 30.3 Å². The fraction of sp³-hybridized carbons (Fsp3) is 0.735. The van der Waals surface area contributed by atoms with E-state index in [-0.39, 0.29) is 54.1 Å². The molecule has 0 aliphatic carbocycles. The largest absolute Gasteiger partial charge is 0.379 e. The number of benzene rings is 1. The van der Waals surface area contributed by atoms with E-state index < -0.39 is 18.1 Å². The van der Waals surface area contributed by atoms with Crippen molar-refractivity contribution in [2.24, 2.45) is 17.8 Å². The molecule has 1 aromatic rings. The number of piperidine rings is 1. The second-order valence-electron chi connectivity index (χ2n) is 12.7. The molecule has 8 nitrogen and oxygen atoms in total. The molecule has 7 atom stereocenters. The average molecular weight is 588 g/mol. The van der Waals surface area contributed by atoms with Crippen LogP contribution in [-0.2, 0) is 30.3 Å². The van der Waals surface area contributed by atoms with E-state index in [2.05, 4.69) is 31.3 Å². The first-order chi connectivity index (χ1) is 19.9. The van der Waals surface area contributed by atoms with E-state index in [1.54, 1.807) is 19.1 Å². The van der Waals surface area contributed by atoms with Crippen LogP contribution in [0.25, 0.3) is 0 Å². The third kappa shape index (κ3) is 10.1. The summed E-state index contributed by atoms with van der Waals surface area (Å²) < 4.78 is 11.9. The lowest BCUT2D eigenvalue weighted by Gasteiger charge is -2.43. The predicted octanol–water partition coefficient (Wildman–Crippen LogP) is 5.09. The van der Waals surface area contributed by atoms with Crippen LogP contribution in [0.1, 0.15) is 85.6 Å². The zero-order valence-electron chi connectivity index (χ0n) is 27.6. The van der Waals surface area contributed by atoms with Crippen molar-refractivity contribution in [2.75, 3.05) is 27.8 Å². The zero-order chi connectivity index (χ0) is 31.4. The minimum atomic E-state index is -0.434. The van der Waals surface area contributed by atoms with Crippen molar-refractivity contribution >= 4 is 17.7 Å². The Hall–Kier alpha value is -2.45. The minimum absolute atomic E-state index is 0.0170. The van der Waals surface area contributed by atoms with Gasteiger partial charge in [0.05, 0.1) is 36.6 Å². The van der Waals surface area contributed by atoms with Gasteiger partial charge in [-0.3, -0.25) is 14.4 Å². The molecule has 3 amide bonds. The normalized spacial score (nSPS) is 19.9. The van der Waals surface area contributed by atoms with Gasteiger partial charge in [-0.15, -0.1) is 0 Å². The lowest BCUT2D eigenvalue weighted by molar-refractivity contribution is -0.149. The molecule has 0 bridgehead atoms. The first kappa shape index (κ1) is 35.7. The summed E-state index contributed by atoms with van der Waals surface area (Å²) in [6.45, 7) is 12.8. The molecule has 1 N–H and O–H groups in total. The standard InChI is InChI=1S/C34H57N3O5/c1-10-24(4)32(36(7)30(38)20-23(2)3)29(41-8)22-31(39)37-19-15-14-18-28(37)33(42-9)26(6)34(40)35-25(5)21-27-16-12-11-13-17-27/h11-13,16-17,23-26,28-29,32-33H,10,14-15,18-22H2,1-9H3,(H,35,40)/t24-,25+,26+,28-,29+,32-,33+/m0/s1. The van der Waals surface area contributed by atoms with E-state index in [1.807, 2.05) is 57.8 Å². The van der Waals surface area contributed by atoms with E-state index in [4.69, 9.17) is 9.47 Å². The van der Waals surface area contributed by atoms with Crippen LogP contribution < -0.4 is 5.32 Å². The summed E-state index contributed by atoms with van der Waals surface area (Å²) in [4.78, 5) is 44.0. The third-order valence-corrected chi connectivity index (χ3v) is 8.91. The summed E-state index contributed by atoms with van der Waals surface area (Å²) in [5.41, 5.74) is 1.17. The Morgan fingerprint density at radius 3 is 2.24 bits per heavy atom. The molecule has 1 aliphatic heterocycles. The lowest BCUT2D eigenvalue weighted by atomic mass is 9.87. The summed E-state index contributed by atoms with van der Waals surface area (Å²) in [5.74, 6) is -0.0363. The van der Waals surface area contributed by atoms with Crippen LogP contribution in [0.4, 0.5) is 0 Å². The Labute approximate surface area is 254 Å². The summed E-state index contributed by atoms with van der Waals surface area (Å²) >= 11 is 0. The second kappa shape index (κ2) is 17.6. The van der Waals surface area contributed by atoms with Crippen LogP contribution in [0.3, 0.4) is 0 Å². The number of nitrogens with zero attached hydrogens (tertiary/aromatic N) is 2. The molecule has 0 saturated carbocycles. The topological polar surface area (TPSA) is 88.2 Å². The molecule has 1 saturated heterocycles. The van der Waals surface area contributed by atoms with Gasteiger partial charge in [-0.25, -0.2) is 0 Å². The summed E-state index contributed by atoms with van der Waals surface area (Å²) in [6, 6.07) is 9.66. The molecule has 1 heterocycles. The van der Waals surface area contributed by atoms with Crippen LogP contribution in [0.2, 0.25) is 0 Å². The second-order valence-corrected chi connectivity index (χ2v) is 12.7. The number of likely N-dealkylation sites (tertiary alicyclic amines) is 1. The van der Waals surface area contributed by atoms with Gasteiger partial charge >= 0.3 is 0 Å². The van der Waals surface area contributed by atoms with Crippen molar-refractivity contribution in [3.8, 4) is 0 Å². The van der Waals surface area contributed by atoms with Gasteiger partial charge in [-0.2, -0.15) is 0 Å². The summed E-state index contributed by atoms with van der Waals surface area (Å²) in [6.07, 6.45) is 4.04. The number of carbonyl (C=O) groups excluding carboxylic acids is 3. The monoisotopic (exact) mass is 587 g/mol. The SMILES string of the molecule is CC[C@H](C)[C@@H]([C@@H](CC(=O)N1CCCC[C@H]1[C@H](OC)[C@@H](C)C(=O)N[C@H](C)Cc1ccccc1)OC)N(C)C(=O)CC(C)C. The molecule has 42 heavy (non-hydrogen) atoms. The van der Waals surface area contributed by atoms with Gasteiger partial charge in [-0.05, 0) is 50.0 Å². The molecule has 2 rings (SSSR count). The Morgan fingerprint density at radius 2 is 1.67 bits per heavy atom. The van der Waals surface area contributed by atoms with E-state index in [0.717, 1.165) is 32.1 Å². The maximum atomic E-state index is 13.9. The first-order valence-electron chi connectivity index (χ1n) is 15.9. The van der Waals surface area contributed by atoms with Crippen molar-refractivity contribution < 1.29 is 23.9 Å². The highest BCUT2D eigenvalue weighted by Crippen LogP contribution is 2.29. The smallest absolute Gasteiger partial charge is 0.225 e. The van der Waals surface area contributed by atoms with Crippen molar-refractivity contribution in [1.29, 1.82) is 0 Å². The number of nitrogens with one attached hydrogen (secondary N) is 1. The summed E-state index contributed by atoms with van der Waals surface area (Å²) in [5, 5.41) is 3.16. The highest BCUT2D eigenvalue weighted by Gasteiger charge is 2.41. The Kier molecular flexibility index (Phi) is 15.0. The number of rotatable bonds is 16. The maximum absolute atomic E-state index is 13.9. The highest BCUT2D eigenvalue weighted by atomic mass is 16.5. The zero-order valence-corrected chi connectivity index (χ0v) is 27.6.